The van der Waals surface area contributed by atoms with Crippen molar-refractivity contribution < 1.29 is 4.74 Å². The molecule has 3 heterocycles. The predicted molar refractivity (Wildman–Crippen MR) is 86.0 cm³/mol. The molecule has 0 bridgehead atoms. The van der Waals surface area contributed by atoms with E-state index in [2.05, 4.69) is 45.6 Å². The highest BCUT2D eigenvalue weighted by atomic mass is 16.5. The lowest BCUT2D eigenvalue weighted by atomic mass is 10.2. The van der Waals surface area contributed by atoms with Crippen LogP contribution in [0.1, 0.15) is 36.3 Å². The third kappa shape index (κ3) is 3.30. The molecule has 0 amide bonds. The van der Waals surface area contributed by atoms with Gasteiger partial charge in [0, 0.05) is 37.6 Å². The van der Waals surface area contributed by atoms with Crippen LogP contribution in [-0.4, -0.2) is 39.4 Å². The highest BCUT2D eigenvalue weighted by Gasteiger charge is 2.25. The van der Waals surface area contributed by atoms with E-state index < -0.39 is 0 Å². The molecule has 0 saturated carbocycles. The molecule has 3 rings (SSSR count). The van der Waals surface area contributed by atoms with E-state index in [0.29, 0.717) is 18.5 Å². The molecular formula is C17H24N4O. The fraction of sp³-hybridized carbons (Fsp3) is 0.529. The predicted octanol–water partition coefficient (Wildman–Crippen LogP) is 2.74. The van der Waals surface area contributed by atoms with Crippen molar-refractivity contribution in [2.45, 2.75) is 39.8 Å². The zero-order valence-electron chi connectivity index (χ0n) is 13.6. The van der Waals surface area contributed by atoms with Crippen LogP contribution in [-0.2, 0) is 6.54 Å². The molecule has 1 saturated heterocycles. The average Bonchev–Trinajstić information content (AvgIpc) is 3.07. The van der Waals surface area contributed by atoms with Crippen LogP contribution in [0.2, 0.25) is 0 Å². The van der Waals surface area contributed by atoms with E-state index in [1.165, 1.54) is 11.3 Å². The van der Waals surface area contributed by atoms with Crippen molar-refractivity contribution >= 4 is 0 Å². The van der Waals surface area contributed by atoms with Crippen LogP contribution in [0.4, 0.5) is 0 Å². The monoisotopic (exact) mass is 300 g/mol. The summed E-state index contributed by atoms with van der Waals surface area (Å²) in [7, 11) is 0. The summed E-state index contributed by atoms with van der Waals surface area (Å²) < 4.78 is 7.57. The fourth-order valence-corrected chi connectivity index (χ4v) is 3.17. The van der Waals surface area contributed by atoms with Gasteiger partial charge in [0.25, 0.3) is 0 Å². The van der Waals surface area contributed by atoms with Crippen molar-refractivity contribution in [2.24, 2.45) is 0 Å². The quantitative estimate of drug-likeness (QED) is 0.851. The molecule has 0 N–H and O–H groups in total. The first-order valence-electron chi connectivity index (χ1n) is 7.98. The first-order chi connectivity index (χ1) is 10.7. The van der Waals surface area contributed by atoms with E-state index in [1.807, 2.05) is 19.2 Å². The van der Waals surface area contributed by atoms with Gasteiger partial charge in [-0.25, -0.2) is 4.98 Å². The summed E-state index contributed by atoms with van der Waals surface area (Å²) in [6.07, 6.45) is 3.08. The van der Waals surface area contributed by atoms with Crippen LogP contribution in [0.25, 0.3) is 0 Å². The molecule has 22 heavy (non-hydrogen) atoms. The zero-order chi connectivity index (χ0) is 15.5. The summed E-state index contributed by atoms with van der Waals surface area (Å²) in [4.78, 5) is 6.81. The van der Waals surface area contributed by atoms with Crippen molar-refractivity contribution in [1.82, 2.24) is 19.7 Å². The highest BCUT2D eigenvalue weighted by Crippen LogP contribution is 2.24. The van der Waals surface area contributed by atoms with Crippen molar-refractivity contribution in [2.75, 3.05) is 19.7 Å². The number of nitrogens with zero attached hydrogens (tertiary/aromatic N) is 4. The maximum absolute atomic E-state index is 5.38. The molecule has 0 aliphatic carbocycles. The second kappa shape index (κ2) is 6.48. The molecule has 5 heteroatoms. The summed E-state index contributed by atoms with van der Waals surface area (Å²) in [6.45, 7) is 9.92. The zero-order valence-corrected chi connectivity index (χ0v) is 13.6. The standard InChI is InChI=1S/C17H24N4O/c1-4-22-17-6-5-15(10-18-17)11-20-8-7-16(12-20)21-14(3)9-13(2)19-21/h5-6,9-10,16H,4,7-8,11-12H2,1-3H3. The number of rotatable bonds is 5. The Bertz CT molecular complexity index is 620. The van der Waals surface area contributed by atoms with E-state index in [0.717, 1.165) is 31.7 Å². The van der Waals surface area contributed by atoms with Gasteiger partial charge in [0.05, 0.1) is 18.3 Å². The minimum Gasteiger partial charge on any atom is -0.478 e. The molecule has 0 aromatic carbocycles. The number of aromatic nitrogens is 3. The Labute approximate surface area is 131 Å². The number of aryl methyl sites for hydroxylation is 2. The maximum atomic E-state index is 5.38. The van der Waals surface area contributed by atoms with Crippen molar-refractivity contribution in [3.63, 3.8) is 0 Å². The largest absolute Gasteiger partial charge is 0.478 e. The lowest BCUT2D eigenvalue weighted by molar-refractivity contribution is 0.308. The molecule has 1 fully saturated rings. The van der Waals surface area contributed by atoms with Crippen LogP contribution in [0.5, 0.6) is 5.88 Å². The van der Waals surface area contributed by atoms with Gasteiger partial charge >= 0.3 is 0 Å². The van der Waals surface area contributed by atoms with E-state index in [-0.39, 0.29) is 0 Å². The second-order valence-corrected chi connectivity index (χ2v) is 5.99. The molecule has 1 atom stereocenters. The van der Waals surface area contributed by atoms with Crippen LogP contribution in [0, 0.1) is 13.8 Å². The van der Waals surface area contributed by atoms with Gasteiger partial charge in [0.15, 0.2) is 0 Å². The highest BCUT2D eigenvalue weighted by molar-refractivity contribution is 5.18. The topological polar surface area (TPSA) is 43.2 Å². The molecule has 118 valence electrons. The van der Waals surface area contributed by atoms with Crippen LogP contribution >= 0.6 is 0 Å². The fourth-order valence-electron chi connectivity index (χ4n) is 3.17. The summed E-state index contributed by atoms with van der Waals surface area (Å²) in [5.41, 5.74) is 3.59. The van der Waals surface area contributed by atoms with E-state index >= 15 is 0 Å². The van der Waals surface area contributed by atoms with Crippen molar-refractivity contribution in [1.29, 1.82) is 0 Å². The summed E-state index contributed by atoms with van der Waals surface area (Å²) in [5.74, 6) is 0.702. The van der Waals surface area contributed by atoms with Crippen molar-refractivity contribution in [3.05, 3.63) is 41.3 Å². The molecule has 2 aromatic rings. The van der Waals surface area contributed by atoms with Crippen LogP contribution in [0.3, 0.4) is 0 Å². The summed E-state index contributed by atoms with van der Waals surface area (Å²) in [5, 5.41) is 4.63. The molecule has 1 aliphatic heterocycles. The van der Waals surface area contributed by atoms with E-state index in [4.69, 9.17) is 4.74 Å². The lowest BCUT2D eigenvalue weighted by Crippen LogP contribution is -2.22. The summed E-state index contributed by atoms with van der Waals surface area (Å²) >= 11 is 0. The number of likely N-dealkylation sites (tertiary alicyclic amines) is 1. The van der Waals surface area contributed by atoms with Crippen molar-refractivity contribution in [3.8, 4) is 5.88 Å². The Hall–Kier alpha value is -1.88. The molecule has 0 spiro atoms. The normalized spacial score (nSPS) is 18.8. The van der Waals surface area contributed by atoms with Gasteiger partial charge in [-0.2, -0.15) is 5.10 Å². The van der Waals surface area contributed by atoms with Gasteiger partial charge in [-0.05, 0) is 38.8 Å². The molecule has 2 aromatic heterocycles. The summed E-state index contributed by atoms with van der Waals surface area (Å²) in [6, 6.07) is 6.70. The Morgan fingerprint density at radius 2 is 2.18 bits per heavy atom. The Balaban J connectivity index is 1.60. The van der Waals surface area contributed by atoms with Gasteiger partial charge in [-0.3, -0.25) is 9.58 Å². The van der Waals surface area contributed by atoms with Crippen LogP contribution < -0.4 is 4.74 Å². The van der Waals surface area contributed by atoms with Crippen LogP contribution in [0.15, 0.2) is 24.4 Å². The Kier molecular flexibility index (Phi) is 4.43. The minimum atomic E-state index is 0.490. The van der Waals surface area contributed by atoms with Gasteiger partial charge in [-0.1, -0.05) is 6.07 Å². The number of ether oxygens (including phenoxy) is 1. The third-order valence-electron chi connectivity index (χ3n) is 4.13. The smallest absolute Gasteiger partial charge is 0.213 e. The van der Waals surface area contributed by atoms with Gasteiger partial charge < -0.3 is 4.74 Å². The van der Waals surface area contributed by atoms with Gasteiger partial charge in [-0.15, -0.1) is 0 Å². The number of hydrogen-bond donors (Lipinski definition) is 0. The number of hydrogen-bond acceptors (Lipinski definition) is 4. The number of pyridine rings is 1. The lowest BCUT2D eigenvalue weighted by Gasteiger charge is -2.17. The third-order valence-corrected chi connectivity index (χ3v) is 4.13. The average molecular weight is 300 g/mol. The molecule has 1 unspecified atom stereocenters. The molecule has 5 nitrogen and oxygen atoms in total. The molecular weight excluding hydrogens is 276 g/mol. The molecule has 0 radical (unpaired) electrons. The van der Waals surface area contributed by atoms with Gasteiger partial charge in [0.2, 0.25) is 5.88 Å². The Morgan fingerprint density at radius 3 is 2.82 bits per heavy atom. The SMILES string of the molecule is CCOc1ccc(CN2CCC(n3nc(C)cc3C)C2)cn1. The minimum absolute atomic E-state index is 0.490. The Morgan fingerprint density at radius 1 is 1.32 bits per heavy atom. The molecule has 1 aliphatic rings. The van der Waals surface area contributed by atoms with E-state index in [9.17, 15) is 0 Å². The second-order valence-electron chi connectivity index (χ2n) is 5.99. The first kappa shape index (κ1) is 15.0. The van der Waals surface area contributed by atoms with E-state index in [1.54, 1.807) is 0 Å². The first-order valence-corrected chi connectivity index (χ1v) is 7.98. The maximum Gasteiger partial charge on any atom is 0.213 e. The van der Waals surface area contributed by atoms with Gasteiger partial charge in [0.1, 0.15) is 0 Å².